The fourth-order valence-corrected chi connectivity index (χ4v) is 1.19. The third kappa shape index (κ3) is 4.62. The number of thiol groups is 1. The first-order valence-electron chi connectivity index (χ1n) is 3.98. The van der Waals surface area contributed by atoms with Gasteiger partial charge >= 0.3 is 5.97 Å². The molecule has 0 aliphatic rings. The SMILES string of the molecule is COC(C)CCC(CS)C(=O)O. The van der Waals surface area contributed by atoms with Crippen molar-refractivity contribution in [2.75, 3.05) is 12.9 Å². The summed E-state index contributed by atoms with van der Waals surface area (Å²) < 4.78 is 5.01. The average molecular weight is 192 g/mol. The van der Waals surface area contributed by atoms with Crippen LogP contribution < -0.4 is 0 Å². The topological polar surface area (TPSA) is 46.5 Å². The molecule has 2 atom stereocenters. The highest BCUT2D eigenvalue weighted by Gasteiger charge is 2.16. The lowest BCUT2D eigenvalue weighted by Crippen LogP contribution is -2.17. The van der Waals surface area contributed by atoms with E-state index in [0.717, 1.165) is 6.42 Å². The van der Waals surface area contributed by atoms with Crippen molar-refractivity contribution in [2.24, 2.45) is 5.92 Å². The first-order valence-corrected chi connectivity index (χ1v) is 4.61. The van der Waals surface area contributed by atoms with E-state index in [-0.39, 0.29) is 12.0 Å². The van der Waals surface area contributed by atoms with Crippen molar-refractivity contribution in [1.82, 2.24) is 0 Å². The van der Waals surface area contributed by atoms with Crippen LogP contribution in [0.1, 0.15) is 19.8 Å². The zero-order valence-corrected chi connectivity index (χ0v) is 8.38. The summed E-state index contributed by atoms with van der Waals surface area (Å²) in [6, 6.07) is 0. The van der Waals surface area contributed by atoms with Crippen molar-refractivity contribution in [1.29, 1.82) is 0 Å². The van der Waals surface area contributed by atoms with Crippen LogP contribution in [0.25, 0.3) is 0 Å². The summed E-state index contributed by atoms with van der Waals surface area (Å²) in [4.78, 5) is 10.5. The number of hydrogen-bond acceptors (Lipinski definition) is 3. The van der Waals surface area contributed by atoms with E-state index in [1.54, 1.807) is 7.11 Å². The molecule has 4 heteroatoms. The Bertz CT molecular complexity index is 138. The molecule has 0 aliphatic carbocycles. The molecule has 2 unspecified atom stereocenters. The second-order valence-electron chi connectivity index (χ2n) is 2.84. The number of hydrogen-bond donors (Lipinski definition) is 2. The molecule has 0 fully saturated rings. The quantitative estimate of drug-likeness (QED) is 0.626. The van der Waals surface area contributed by atoms with Crippen LogP contribution in [0.15, 0.2) is 0 Å². The van der Waals surface area contributed by atoms with Crippen LogP contribution in [0.3, 0.4) is 0 Å². The molecule has 3 nitrogen and oxygen atoms in total. The Labute approximate surface area is 78.5 Å². The third-order valence-electron chi connectivity index (χ3n) is 1.89. The van der Waals surface area contributed by atoms with Gasteiger partial charge in [-0.15, -0.1) is 0 Å². The lowest BCUT2D eigenvalue weighted by molar-refractivity contribution is -0.141. The zero-order valence-electron chi connectivity index (χ0n) is 7.49. The highest BCUT2D eigenvalue weighted by Crippen LogP contribution is 2.11. The fraction of sp³-hybridized carbons (Fsp3) is 0.875. The van der Waals surface area contributed by atoms with E-state index in [0.29, 0.717) is 12.2 Å². The van der Waals surface area contributed by atoms with E-state index in [9.17, 15) is 4.79 Å². The van der Waals surface area contributed by atoms with Gasteiger partial charge in [-0.3, -0.25) is 4.79 Å². The molecule has 12 heavy (non-hydrogen) atoms. The van der Waals surface area contributed by atoms with Crippen LogP contribution in [-0.2, 0) is 9.53 Å². The number of carboxylic acid groups (broad SMARTS) is 1. The monoisotopic (exact) mass is 192 g/mol. The van der Waals surface area contributed by atoms with E-state index in [4.69, 9.17) is 9.84 Å². The standard InChI is InChI=1S/C8H16O3S/c1-6(11-2)3-4-7(5-12)8(9)10/h6-7,12H,3-5H2,1-2H3,(H,9,10). The van der Waals surface area contributed by atoms with E-state index in [1.807, 2.05) is 6.92 Å². The van der Waals surface area contributed by atoms with Gasteiger partial charge in [0.05, 0.1) is 12.0 Å². The molecular weight excluding hydrogens is 176 g/mol. The van der Waals surface area contributed by atoms with E-state index < -0.39 is 5.97 Å². The largest absolute Gasteiger partial charge is 0.481 e. The minimum Gasteiger partial charge on any atom is -0.481 e. The molecule has 0 aromatic rings. The molecule has 1 N–H and O–H groups in total. The van der Waals surface area contributed by atoms with Gasteiger partial charge in [-0.05, 0) is 19.8 Å². The van der Waals surface area contributed by atoms with Crippen LogP contribution in [0.5, 0.6) is 0 Å². The summed E-state index contributed by atoms with van der Waals surface area (Å²) in [5, 5.41) is 8.67. The van der Waals surface area contributed by atoms with Crippen molar-refractivity contribution in [3.63, 3.8) is 0 Å². The minimum absolute atomic E-state index is 0.131. The molecule has 0 aliphatic heterocycles. The molecule has 0 rings (SSSR count). The van der Waals surface area contributed by atoms with E-state index in [1.165, 1.54) is 0 Å². The average Bonchev–Trinajstić information content (AvgIpc) is 2.04. The highest BCUT2D eigenvalue weighted by atomic mass is 32.1. The van der Waals surface area contributed by atoms with Gasteiger partial charge in [0.2, 0.25) is 0 Å². The molecule has 0 aromatic heterocycles. The highest BCUT2D eigenvalue weighted by molar-refractivity contribution is 7.80. The first kappa shape index (κ1) is 11.8. The van der Waals surface area contributed by atoms with Crippen LogP contribution in [0.4, 0.5) is 0 Å². The number of carbonyl (C=O) groups is 1. The molecule has 0 amide bonds. The Hall–Kier alpha value is -0.220. The van der Waals surface area contributed by atoms with Gasteiger partial charge in [-0.25, -0.2) is 0 Å². The number of rotatable bonds is 6. The van der Waals surface area contributed by atoms with Gasteiger partial charge in [0.15, 0.2) is 0 Å². The Morgan fingerprint density at radius 3 is 2.50 bits per heavy atom. The Morgan fingerprint density at radius 2 is 2.17 bits per heavy atom. The lowest BCUT2D eigenvalue weighted by atomic mass is 10.0. The summed E-state index contributed by atoms with van der Waals surface area (Å²) in [6.07, 6.45) is 1.54. The fourth-order valence-electron chi connectivity index (χ4n) is 0.847. The molecular formula is C8H16O3S. The molecule has 0 saturated carbocycles. The number of ether oxygens (including phenoxy) is 1. The summed E-state index contributed by atoms with van der Waals surface area (Å²) in [5.41, 5.74) is 0. The summed E-state index contributed by atoms with van der Waals surface area (Å²) in [7, 11) is 1.63. The summed E-state index contributed by atoms with van der Waals surface area (Å²) in [5.74, 6) is -0.717. The van der Waals surface area contributed by atoms with Crippen LogP contribution in [0.2, 0.25) is 0 Å². The Morgan fingerprint density at radius 1 is 1.58 bits per heavy atom. The van der Waals surface area contributed by atoms with Crippen LogP contribution in [-0.4, -0.2) is 30.0 Å². The van der Waals surface area contributed by atoms with Crippen LogP contribution >= 0.6 is 12.6 Å². The predicted octanol–water partition coefficient (Wildman–Crippen LogP) is 1.43. The summed E-state index contributed by atoms with van der Waals surface area (Å²) in [6.45, 7) is 1.93. The van der Waals surface area contributed by atoms with Gasteiger partial charge in [-0.2, -0.15) is 12.6 Å². The first-order chi connectivity index (χ1) is 5.61. The molecule has 0 bridgehead atoms. The smallest absolute Gasteiger partial charge is 0.307 e. The maximum absolute atomic E-state index is 10.5. The second-order valence-corrected chi connectivity index (χ2v) is 3.21. The van der Waals surface area contributed by atoms with Gasteiger partial charge < -0.3 is 9.84 Å². The molecule has 72 valence electrons. The Kier molecular flexibility index (Phi) is 6.20. The minimum atomic E-state index is -0.770. The number of methoxy groups -OCH3 is 1. The van der Waals surface area contributed by atoms with Gasteiger partial charge in [0, 0.05) is 12.9 Å². The summed E-state index contributed by atoms with van der Waals surface area (Å²) >= 11 is 3.97. The molecule has 0 saturated heterocycles. The lowest BCUT2D eigenvalue weighted by Gasteiger charge is -2.12. The maximum atomic E-state index is 10.5. The molecule has 0 radical (unpaired) electrons. The molecule has 0 heterocycles. The second kappa shape index (κ2) is 6.31. The number of aliphatic carboxylic acids is 1. The van der Waals surface area contributed by atoms with Crippen molar-refractivity contribution in [3.05, 3.63) is 0 Å². The van der Waals surface area contributed by atoms with Crippen LogP contribution in [0, 0.1) is 5.92 Å². The van der Waals surface area contributed by atoms with Gasteiger partial charge in [-0.1, -0.05) is 0 Å². The van der Waals surface area contributed by atoms with E-state index in [2.05, 4.69) is 12.6 Å². The zero-order chi connectivity index (χ0) is 9.56. The normalized spacial score (nSPS) is 15.6. The molecule has 0 aromatic carbocycles. The maximum Gasteiger partial charge on any atom is 0.307 e. The predicted molar refractivity (Wildman–Crippen MR) is 50.7 cm³/mol. The van der Waals surface area contributed by atoms with Crippen molar-refractivity contribution in [2.45, 2.75) is 25.9 Å². The molecule has 0 spiro atoms. The van der Waals surface area contributed by atoms with Crippen molar-refractivity contribution >= 4 is 18.6 Å². The van der Waals surface area contributed by atoms with Crippen molar-refractivity contribution < 1.29 is 14.6 Å². The van der Waals surface area contributed by atoms with Gasteiger partial charge in [0.1, 0.15) is 0 Å². The third-order valence-corrected chi connectivity index (χ3v) is 2.33. The van der Waals surface area contributed by atoms with Crippen molar-refractivity contribution in [3.8, 4) is 0 Å². The number of carboxylic acids is 1. The van der Waals surface area contributed by atoms with E-state index >= 15 is 0 Å². The van der Waals surface area contributed by atoms with Gasteiger partial charge in [0.25, 0.3) is 0 Å². The Balaban J connectivity index is 3.65.